The molecule has 0 bridgehead atoms. The minimum absolute atomic E-state index is 0.285. The fraction of sp³-hybridized carbons (Fsp3) is 0.133. The van der Waals surface area contributed by atoms with E-state index in [1.54, 1.807) is 36.4 Å². The van der Waals surface area contributed by atoms with Gasteiger partial charge in [-0.2, -0.15) is 0 Å². The fourth-order valence-electron chi connectivity index (χ4n) is 1.94. The van der Waals surface area contributed by atoms with E-state index in [1.807, 2.05) is 19.0 Å². The van der Waals surface area contributed by atoms with Crippen LogP contribution < -0.4 is 10.2 Å². The summed E-state index contributed by atoms with van der Waals surface area (Å²) >= 11 is 15.6. The van der Waals surface area contributed by atoms with Gasteiger partial charge in [0.15, 0.2) is 0 Å². The SMILES string of the molecule is CN(C)c1c(Cl)cccc1NC(=O)c1cccc(Br)c1Cl. The van der Waals surface area contributed by atoms with Gasteiger partial charge in [0.25, 0.3) is 5.91 Å². The van der Waals surface area contributed by atoms with Crippen LogP contribution >= 0.6 is 39.1 Å². The Morgan fingerprint density at radius 2 is 1.81 bits per heavy atom. The van der Waals surface area contributed by atoms with Crippen molar-refractivity contribution in [3.63, 3.8) is 0 Å². The highest BCUT2D eigenvalue weighted by Crippen LogP contribution is 2.33. The van der Waals surface area contributed by atoms with Crippen LogP contribution in [-0.2, 0) is 0 Å². The minimum Gasteiger partial charge on any atom is -0.375 e. The Balaban J connectivity index is 2.37. The molecular weight excluding hydrogens is 375 g/mol. The molecule has 110 valence electrons. The highest BCUT2D eigenvalue weighted by atomic mass is 79.9. The first-order valence-electron chi connectivity index (χ1n) is 6.13. The molecule has 3 nitrogen and oxygen atoms in total. The first-order chi connectivity index (χ1) is 9.91. The molecule has 0 unspecified atom stereocenters. The third kappa shape index (κ3) is 3.51. The molecule has 0 aliphatic carbocycles. The van der Waals surface area contributed by atoms with Crippen molar-refractivity contribution in [1.29, 1.82) is 0 Å². The van der Waals surface area contributed by atoms with Crippen LogP contribution in [0.25, 0.3) is 0 Å². The monoisotopic (exact) mass is 386 g/mol. The van der Waals surface area contributed by atoms with Crippen LogP contribution in [-0.4, -0.2) is 20.0 Å². The van der Waals surface area contributed by atoms with E-state index in [0.29, 0.717) is 25.8 Å². The third-order valence-corrected chi connectivity index (χ3v) is 4.48. The Bertz CT molecular complexity index is 689. The molecule has 0 saturated heterocycles. The van der Waals surface area contributed by atoms with Crippen LogP contribution in [0, 0.1) is 0 Å². The molecule has 0 atom stereocenters. The molecule has 0 aliphatic rings. The summed E-state index contributed by atoms with van der Waals surface area (Å²) < 4.78 is 0.677. The van der Waals surface area contributed by atoms with Crippen LogP contribution in [0.2, 0.25) is 10.0 Å². The summed E-state index contributed by atoms with van der Waals surface area (Å²) in [5, 5.41) is 3.79. The van der Waals surface area contributed by atoms with Crippen molar-refractivity contribution in [3.8, 4) is 0 Å². The lowest BCUT2D eigenvalue weighted by Crippen LogP contribution is -2.17. The summed E-state index contributed by atoms with van der Waals surface area (Å²) in [4.78, 5) is 14.2. The molecule has 2 aromatic carbocycles. The first-order valence-corrected chi connectivity index (χ1v) is 7.68. The lowest BCUT2D eigenvalue weighted by atomic mass is 10.2. The van der Waals surface area contributed by atoms with Crippen LogP contribution in [0.4, 0.5) is 11.4 Å². The minimum atomic E-state index is -0.285. The number of amides is 1. The van der Waals surface area contributed by atoms with Gasteiger partial charge in [-0.25, -0.2) is 0 Å². The van der Waals surface area contributed by atoms with Gasteiger partial charge in [-0.3, -0.25) is 4.79 Å². The van der Waals surface area contributed by atoms with E-state index in [9.17, 15) is 4.79 Å². The molecule has 21 heavy (non-hydrogen) atoms. The topological polar surface area (TPSA) is 32.3 Å². The number of para-hydroxylation sites is 1. The molecule has 0 radical (unpaired) electrons. The van der Waals surface area contributed by atoms with Crippen molar-refractivity contribution < 1.29 is 4.79 Å². The number of carbonyl (C=O) groups excluding carboxylic acids is 1. The number of carbonyl (C=O) groups is 1. The van der Waals surface area contributed by atoms with Gasteiger partial charge in [-0.1, -0.05) is 35.3 Å². The lowest BCUT2D eigenvalue weighted by molar-refractivity contribution is 0.102. The van der Waals surface area contributed by atoms with E-state index in [0.717, 1.165) is 5.69 Å². The molecule has 0 spiro atoms. The second kappa shape index (κ2) is 6.69. The third-order valence-electron chi connectivity index (χ3n) is 2.88. The van der Waals surface area contributed by atoms with Crippen LogP contribution in [0.15, 0.2) is 40.9 Å². The Morgan fingerprint density at radius 1 is 1.14 bits per heavy atom. The Hall–Kier alpha value is -1.23. The van der Waals surface area contributed by atoms with Gasteiger partial charge in [-0.05, 0) is 40.2 Å². The quantitative estimate of drug-likeness (QED) is 0.796. The zero-order valence-corrected chi connectivity index (χ0v) is 14.6. The highest BCUT2D eigenvalue weighted by Gasteiger charge is 2.16. The molecule has 2 aromatic rings. The fourth-order valence-corrected chi connectivity index (χ4v) is 2.86. The normalized spacial score (nSPS) is 10.3. The van der Waals surface area contributed by atoms with Crippen LogP contribution in [0.3, 0.4) is 0 Å². The molecule has 0 saturated carbocycles. The smallest absolute Gasteiger partial charge is 0.257 e. The van der Waals surface area contributed by atoms with Crippen molar-refractivity contribution in [3.05, 3.63) is 56.5 Å². The number of hydrogen-bond donors (Lipinski definition) is 1. The number of halogens is 3. The van der Waals surface area contributed by atoms with Crippen molar-refractivity contribution in [2.45, 2.75) is 0 Å². The summed E-state index contributed by atoms with van der Waals surface area (Å²) in [6.07, 6.45) is 0. The standard InChI is InChI=1S/C15H13BrCl2N2O/c1-20(2)14-11(17)7-4-8-12(14)19-15(21)9-5-3-6-10(16)13(9)18/h3-8H,1-2H3,(H,19,21). The average molecular weight is 388 g/mol. The zero-order chi connectivity index (χ0) is 15.6. The summed E-state index contributed by atoms with van der Waals surface area (Å²) in [6.45, 7) is 0. The number of nitrogens with zero attached hydrogens (tertiary/aromatic N) is 1. The van der Waals surface area contributed by atoms with E-state index >= 15 is 0 Å². The molecule has 2 rings (SSSR count). The first kappa shape index (κ1) is 16.1. The van der Waals surface area contributed by atoms with Gasteiger partial charge < -0.3 is 10.2 Å². The molecular formula is C15H13BrCl2N2O. The van der Waals surface area contributed by atoms with Gasteiger partial charge in [0.2, 0.25) is 0 Å². The predicted octanol–water partition coefficient (Wildman–Crippen LogP) is 5.07. The summed E-state index contributed by atoms with van der Waals surface area (Å²) in [5.41, 5.74) is 1.78. The van der Waals surface area contributed by atoms with Crippen molar-refractivity contribution in [2.75, 3.05) is 24.3 Å². The zero-order valence-electron chi connectivity index (χ0n) is 11.5. The lowest BCUT2D eigenvalue weighted by Gasteiger charge is -2.19. The molecule has 0 fully saturated rings. The second-order valence-corrected chi connectivity index (χ2v) is 6.23. The van der Waals surface area contributed by atoms with E-state index in [2.05, 4.69) is 21.2 Å². The molecule has 0 aliphatic heterocycles. The number of rotatable bonds is 3. The van der Waals surface area contributed by atoms with Gasteiger partial charge in [0.1, 0.15) is 0 Å². The van der Waals surface area contributed by atoms with Crippen molar-refractivity contribution >= 4 is 56.4 Å². The number of nitrogens with one attached hydrogen (secondary N) is 1. The van der Waals surface area contributed by atoms with E-state index in [-0.39, 0.29) is 5.91 Å². The van der Waals surface area contributed by atoms with Gasteiger partial charge in [0.05, 0.1) is 27.0 Å². The van der Waals surface area contributed by atoms with E-state index in [1.165, 1.54) is 0 Å². The maximum absolute atomic E-state index is 12.4. The van der Waals surface area contributed by atoms with E-state index in [4.69, 9.17) is 23.2 Å². The maximum atomic E-state index is 12.4. The number of benzene rings is 2. The molecule has 6 heteroatoms. The summed E-state index contributed by atoms with van der Waals surface area (Å²) in [6, 6.07) is 10.6. The number of hydrogen-bond acceptors (Lipinski definition) is 2. The van der Waals surface area contributed by atoms with Gasteiger partial charge >= 0.3 is 0 Å². The van der Waals surface area contributed by atoms with Gasteiger partial charge in [-0.15, -0.1) is 0 Å². The molecule has 0 aromatic heterocycles. The van der Waals surface area contributed by atoms with E-state index < -0.39 is 0 Å². The highest BCUT2D eigenvalue weighted by molar-refractivity contribution is 9.10. The largest absolute Gasteiger partial charge is 0.375 e. The Labute approximate surface area is 142 Å². The Kier molecular flexibility index (Phi) is 5.14. The summed E-state index contributed by atoms with van der Waals surface area (Å²) in [5.74, 6) is -0.285. The molecule has 0 heterocycles. The van der Waals surface area contributed by atoms with Crippen molar-refractivity contribution in [2.24, 2.45) is 0 Å². The predicted molar refractivity (Wildman–Crippen MR) is 92.9 cm³/mol. The Morgan fingerprint density at radius 3 is 2.48 bits per heavy atom. The van der Waals surface area contributed by atoms with Crippen molar-refractivity contribution in [1.82, 2.24) is 0 Å². The molecule has 1 amide bonds. The average Bonchev–Trinajstić information content (AvgIpc) is 2.41. The maximum Gasteiger partial charge on any atom is 0.257 e. The number of anilines is 2. The van der Waals surface area contributed by atoms with Gasteiger partial charge in [0, 0.05) is 18.6 Å². The molecule has 1 N–H and O–H groups in total. The van der Waals surface area contributed by atoms with Crippen LogP contribution in [0.1, 0.15) is 10.4 Å². The van der Waals surface area contributed by atoms with Crippen LogP contribution in [0.5, 0.6) is 0 Å². The summed E-state index contributed by atoms with van der Waals surface area (Å²) in [7, 11) is 3.73. The second-order valence-electron chi connectivity index (χ2n) is 4.59.